The number of hydrogen-bond acceptors (Lipinski definition) is 4. The van der Waals surface area contributed by atoms with Gasteiger partial charge in [-0.3, -0.25) is 14.5 Å². The lowest BCUT2D eigenvalue weighted by molar-refractivity contribution is -0.133. The predicted molar refractivity (Wildman–Crippen MR) is 109 cm³/mol. The molecule has 2 aliphatic rings. The molecule has 4 rings (SSSR count). The minimum absolute atomic E-state index is 0.0268. The Kier molecular flexibility index (Phi) is 5.35. The van der Waals surface area contributed by atoms with Crippen LogP contribution < -0.4 is 10.6 Å². The van der Waals surface area contributed by atoms with E-state index in [4.69, 9.17) is 0 Å². The van der Waals surface area contributed by atoms with E-state index in [9.17, 15) is 9.59 Å². The van der Waals surface area contributed by atoms with Gasteiger partial charge in [0.15, 0.2) is 0 Å². The van der Waals surface area contributed by atoms with Crippen LogP contribution in [-0.4, -0.2) is 51.4 Å². The molecule has 0 spiro atoms. The smallest absolute Gasteiger partial charge is 0.237 e. The first-order valence-corrected chi connectivity index (χ1v) is 10.4. The Bertz CT molecular complexity index is 884. The maximum absolute atomic E-state index is 12.7. The maximum atomic E-state index is 12.7. The Balaban J connectivity index is 1.46. The highest BCUT2D eigenvalue weighted by atomic mass is 16.2. The van der Waals surface area contributed by atoms with Crippen molar-refractivity contribution in [2.45, 2.75) is 64.6 Å². The second-order valence-electron chi connectivity index (χ2n) is 7.84. The lowest BCUT2D eigenvalue weighted by Gasteiger charge is -2.38. The molecule has 1 aromatic carbocycles. The molecule has 1 aliphatic carbocycles. The molecule has 2 heterocycles. The summed E-state index contributed by atoms with van der Waals surface area (Å²) in [5, 5.41) is 5.89. The number of aryl methyl sites for hydroxylation is 2. The molecule has 1 aliphatic heterocycles. The molecule has 2 aromatic rings. The molecule has 1 saturated heterocycles. The van der Waals surface area contributed by atoms with Crippen LogP contribution in [0.4, 0.5) is 5.69 Å². The standard InChI is InChI=1S/C21H29N5O2/c1-3-25-14(2)23-17-12-15(8-9-18(17)25)24-20(27)13-19-21(28)22-10-11-26(19)16-6-4-5-7-16/h8-9,12,16,19H,3-7,10-11,13H2,1-2H3,(H,22,28)(H,24,27). The number of piperazine rings is 1. The Hall–Kier alpha value is -2.41. The van der Waals surface area contributed by atoms with Crippen LogP contribution in [0.5, 0.6) is 0 Å². The summed E-state index contributed by atoms with van der Waals surface area (Å²) in [6.45, 7) is 6.44. The maximum Gasteiger partial charge on any atom is 0.237 e. The summed E-state index contributed by atoms with van der Waals surface area (Å²) in [5.74, 6) is 0.809. The second kappa shape index (κ2) is 7.91. The number of anilines is 1. The van der Waals surface area contributed by atoms with Gasteiger partial charge in [0.05, 0.1) is 23.5 Å². The van der Waals surface area contributed by atoms with Gasteiger partial charge in [-0.2, -0.15) is 0 Å². The van der Waals surface area contributed by atoms with Crippen LogP contribution in [-0.2, 0) is 16.1 Å². The Morgan fingerprint density at radius 2 is 2.11 bits per heavy atom. The van der Waals surface area contributed by atoms with Crippen molar-refractivity contribution in [1.29, 1.82) is 0 Å². The van der Waals surface area contributed by atoms with Gasteiger partial charge in [0.25, 0.3) is 0 Å². The first-order valence-electron chi connectivity index (χ1n) is 10.4. The number of benzene rings is 1. The fourth-order valence-electron chi connectivity index (χ4n) is 4.73. The fraction of sp³-hybridized carbons (Fsp3) is 0.571. The molecule has 28 heavy (non-hydrogen) atoms. The lowest BCUT2D eigenvalue weighted by Crippen LogP contribution is -2.58. The van der Waals surface area contributed by atoms with Gasteiger partial charge < -0.3 is 15.2 Å². The summed E-state index contributed by atoms with van der Waals surface area (Å²) in [7, 11) is 0. The normalized spacial score (nSPS) is 21.2. The number of nitrogens with zero attached hydrogens (tertiary/aromatic N) is 3. The van der Waals surface area contributed by atoms with Crippen molar-refractivity contribution in [3.05, 3.63) is 24.0 Å². The molecule has 1 unspecified atom stereocenters. The van der Waals surface area contributed by atoms with E-state index in [1.54, 1.807) is 0 Å². The van der Waals surface area contributed by atoms with Crippen LogP contribution in [0.15, 0.2) is 18.2 Å². The topological polar surface area (TPSA) is 79.3 Å². The van der Waals surface area contributed by atoms with Gasteiger partial charge in [-0.25, -0.2) is 4.98 Å². The number of amides is 2. The fourth-order valence-corrected chi connectivity index (χ4v) is 4.73. The third kappa shape index (κ3) is 3.63. The molecule has 7 nitrogen and oxygen atoms in total. The van der Waals surface area contributed by atoms with Crippen molar-refractivity contribution >= 4 is 28.5 Å². The Labute approximate surface area is 165 Å². The van der Waals surface area contributed by atoms with Gasteiger partial charge in [0.1, 0.15) is 5.82 Å². The van der Waals surface area contributed by atoms with Crippen LogP contribution >= 0.6 is 0 Å². The van der Waals surface area contributed by atoms with Crippen LogP contribution in [0.3, 0.4) is 0 Å². The summed E-state index contributed by atoms with van der Waals surface area (Å²) in [6, 6.07) is 5.86. The van der Waals surface area contributed by atoms with Crippen LogP contribution in [0, 0.1) is 6.92 Å². The van der Waals surface area contributed by atoms with Crippen LogP contribution in [0.2, 0.25) is 0 Å². The van der Waals surface area contributed by atoms with E-state index in [-0.39, 0.29) is 24.3 Å². The molecule has 2 fully saturated rings. The molecule has 1 atom stereocenters. The average Bonchev–Trinajstić information content (AvgIpc) is 3.30. The van der Waals surface area contributed by atoms with Crippen LogP contribution in [0.1, 0.15) is 44.9 Å². The monoisotopic (exact) mass is 383 g/mol. The number of carbonyl (C=O) groups excluding carboxylic acids is 2. The molecule has 0 radical (unpaired) electrons. The highest BCUT2D eigenvalue weighted by molar-refractivity contribution is 5.97. The predicted octanol–water partition coefficient (Wildman–Crippen LogP) is 2.44. The van der Waals surface area contributed by atoms with E-state index >= 15 is 0 Å². The van der Waals surface area contributed by atoms with Crippen molar-refractivity contribution < 1.29 is 9.59 Å². The highest BCUT2D eigenvalue weighted by Crippen LogP contribution is 2.27. The van der Waals surface area contributed by atoms with E-state index < -0.39 is 0 Å². The van der Waals surface area contributed by atoms with Gasteiger partial charge in [-0.05, 0) is 44.9 Å². The van der Waals surface area contributed by atoms with Gasteiger partial charge in [-0.15, -0.1) is 0 Å². The third-order valence-electron chi connectivity index (χ3n) is 6.08. The molecule has 0 bridgehead atoms. The zero-order valence-electron chi connectivity index (χ0n) is 16.7. The summed E-state index contributed by atoms with van der Waals surface area (Å²) >= 11 is 0. The lowest BCUT2D eigenvalue weighted by atomic mass is 10.0. The van der Waals surface area contributed by atoms with Gasteiger partial charge in [-0.1, -0.05) is 12.8 Å². The van der Waals surface area contributed by atoms with E-state index in [0.29, 0.717) is 12.6 Å². The first-order chi connectivity index (χ1) is 13.6. The number of imidazole rings is 1. The minimum Gasteiger partial charge on any atom is -0.353 e. The molecule has 2 N–H and O–H groups in total. The number of nitrogens with one attached hydrogen (secondary N) is 2. The Morgan fingerprint density at radius 3 is 2.86 bits per heavy atom. The number of rotatable bonds is 5. The van der Waals surface area contributed by atoms with E-state index in [2.05, 4.69) is 32.0 Å². The molecule has 7 heteroatoms. The van der Waals surface area contributed by atoms with Crippen molar-refractivity contribution in [1.82, 2.24) is 19.8 Å². The third-order valence-corrected chi connectivity index (χ3v) is 6.08. The van der Waals surface area contributed by atoms with Crippen molar-refractivity contribution in [3.8, 4) is 0 Å². The first kappa shape index (κ1) is 18.9. The van der Waals surface area contributed by atoms with Gasteiger partial charge in [0.2, 0.25) is 11.8 Å². The number of carbonyl (C=O) groups is 2. The molecule has 1 aromatic heterocycles. The molecular formula is C21H29N5O2. The number of fused-ring (bicyclic) bond motifs is 1. The largest absolute Gasteiger partial charge is 0.353 e. The molecular weight excluding hydrogens is 354 g/mol. The van der Waals surface area contributed by atoms with Crippen LogP contribution in [0.25, 0.3) is 11.0 Å². The van der Waals surface area contributed by atoms with Gasteiger partial charge >= 0.3 is 0 Å². The SMILES string of the molecule is CCn1c(C)nc2cc(NC(=O)CC3C(=O)NCCN3C3CCCC3)ccc21. The summed E-state index contributed by atoms with van der Waals surface area (Å²) < 4.78 is 2.15. The Morgan fingerprint density at radius 1 is 1.32 bits per heavy atom. The number of hydrogen-bond donors (Lipinski definition) is 2. The highest BCUT2D eigenvalue weighted by Gasteiger charge is 2.36. The average molecular weight is 383 g/mol. The van der Waals surface area contributed by atoms with E-state index in [0.717, 1.165) is 48.5 Å². The zero-order valence-corrected chi connectivity index (χ0v) is 16.7. The summed E-state index contributed by atoms with van der Waals surface area (Å²) in [5.41, 5.74) is 2.67. The zero-order chi connectivity index (χ0) is 19.7. The molecule has 2 amide bonds. The second-order valence-corrected chi connectivity index (χ2v) is 7.84. The summed E-state index contributed by atoms with van der Waals surface area (Å²) in [4.78, 5) is 32.0. The molecule has 150 valence electrons. The van der Waals surface area contributed by atoms with E-state index in [1.165, 1.54) is 12.8 Å². The van der Waals surface area contributed by atoms with Crippen molar-refractivity contribution in [2.75, 3.05) is 18.4 Å². The van der Waals surface area contributed by atoms with Crippen molar-refractivity contribution in [2.24, 2.45) is 0 Å². The number of aromatic nitrogens is 2. The minimum atomic E-state index is -0.373. The summed E-state index contributed by atoms with van der Waals surface area (Å²) in [6.07, 6.45) is 4.86. The molecule has 1 saturated carbocycles. The van der Waals surface area contributed by atoms with Crippen molar-refractivity contribution in [3.63, 3.8) is 0 Å². The van der Waals surface area contributed by atoms with E-state index in [1.807, 2.05) is 25.1 Å². The quantitative estimate of drug-likeness (QED) is 0.831. The van der Waals surface area contributed by atoms with Gasteiger partial charge in [0, 0.05) is 31.4 Å².